The van der Waals surface area contributed by atoms with Crippen LogP contribution in [0.4, 0.5) is 17.2 Å². The molecule has 0 spiro atoms. The van der Waals surface area contributed by atoms with Crippen LogP contribution in [0, 0.1) is 0 Å². The molecule has 1 aromatic heterocycles. The molecule has 0 fully saturated rings. The molecule has 9 nitrogen and oxygen atoms in total. The normalized spacial score (nSPS) is 10.6. The molecule has 0 unspecified atom stereocenters. The van der Waals surface area contributed by atoms with Gasteiger partial charge in [0.1, 0.15) is 5.82 Å². The molecule has 4 N–H and O–H groups in total. The van der Waals surface area contributed by atoms with Crippen LogP contribution in [0.2, 0.25) is 0 Å². The molecule has 2 amide bonds. The topological polar surface area (TPSA) is 130 Å². The maximum absolute atomic E-state index is 13.0. The number of nitrogens with zero attached hydrogens (tertiary/aromatic N) is 2. The fraction of sp³-hybridized carbons (Fsp3) is 0.217. The summed E-state index contributed by atoms with van der Waals surface area (Å²) in [4.78, 5) is 53.5. The maximum atomic E-state index is 13.0. The van der Waals surface area contributed by atoms with Gasteiger partial charge in [0.2, 0.25) is 11.8 Å². The Bertz CT molecular complexity index is 1250. The number of hydrogen-bond donors (Lipinski definition) is 3. The van der Waals surface area contributed by atoms with Crippen molar-refractivity contribution < 1.29 is 9.59 Å². The van der Waals surface area contributed by atoms with Gasteiger partial charge in [-0.2, -0.15) is 0 Å². The number of aromatic amines is 1. The highest BCUT2D eigenvalue weighted by Gasteiger charge is 2.23. The van der Waals surface area contributed by atoms with Gasteiger partial charge in [-0.05, 0) is 36.8 Å². The third-order valence-corrected chi connectivity index (χ3v) is 5.82. The Morgan fingerprint density at radius 1 is 1.09 bits per heavy atom. The van der Waals surface area contributed by atoms with Crippen LogP contribution in [0.1, 0.15) is 19.4 Å². The molecule has 0 saturated carbocycles. The zero-order chi connectivity index (χ0) is 24.0. The molecular weight excluding hydrogens is 442 g/mol. The number of H-pyrrole nitrogens is 1. The minimum absolute atomic E-state index is 0.0420. The fourth-order valence-corrected chi connectivity index (χ4v) is 4.06. The van der Waals surface area contributed by atoms with Gasteiger partial charge < -0.3 is 16.0 Å². The average Bonchev–Trinajstić information content (AvgIpc) is 2.79. The first-order chi connectivity index (χ1) is 15.8. The highest BCUT2D eigenvalue weighted by atomic mass is 32.2. The Morgan fingerprint density at radius 2 is 1.76 bits per heavy atom. The number of amides is 2. The zero-order valence-electron chi connectivity index (χ0n) is 18.3. The summed E-state index contributed by atoms with van der Waals surface area (Å²) in [6.07, 6.45) is 0. The summed E-state index contributed by atoms with van der Waals surface area (Å²) in [6, 6.07) is 16.3. The predicted octanol–water partition coefficient (Wildman–Crippen LogP) is 2.27. The molecule has 172 valence electrons. The maximum Gasteiger partial charge on any atom is 0.330 e. The molecular formula is C23H25N5O4S. The van der Waals surface area contributed by atoms with E-state index in [-0.39, 0.29) is 42.2 Å². The van der Waals surface area contributed by atoms with Gasteiger partial charge in [0.15, 0.2) is 5.69 Å². The third-order valence-electron chi connectivity index (χ3n) is 4.82. The molecule has 10 heteroatoms. The number of nitrogen functional groups attached to an aromatic ring is 1. The molecule has 33 heavy (non-hydrogen) atoms. The highest BCUT2D eigenvalue weighted by Crippen LogP contribution is 2.23. The summed E-state index contributed by atoms with van der Waals surface area (Å²) < 4.78 is 1.25. The third kappa shape index (κ3) is 5.92. The largest absolute Gasteiger partial charge is 0.383 e. The lowest BCUT2D eigenvalue weighted by Crippen LogP contribution is -2.41. The van der Waals surface area contributed by atoms with Crippen LogP contribution < -0.4 is 27.2 Å². The smallest absolute Gasteiger partial charge is 0.330 e. The van der Waals surface area contributed by atoms with Crippen LogP contribution >= 0.6 is 11.8 Å². The summed E-state index contributed by atoms with van der Waals surface area (Å²) in [6.45, 7) is 3.53. The second-order valence-electron chi connectivity index (χ2n) is 7.20. The number of benzene rings is 2. The summed E-state index contributed by atoms with van der Waals surface area (Å²) in [7, 11) is 0. The van der Waals surface area contributed by atoms with E-state index < -0.39 is 11.2 Å². The Morgan fingerprint density at radius 3 is 2.36 bits per heavy atom. The van der Waals surface area contributed by atoms with Crippen LogP contribution in [0.5, 0.6) is 0 Å². The molecule has 0 bridgehead atoms. The SMILES string of the molecule is CCN(C(=O)CSc1ccc(NC(C)=O)cc1)c1c(N)n(Cc2ccccc2)c(=O)[nH]c1=O. The molecule has 1 heterocycles. The van der Waals surface area contributed by atoms with E-state index in [1.807, 2.05) is 30.3 Å². The molecule has 3 rings (SSSR count). The van der Waals surface area contributed by atoms with Gasteiger partial charge in [0.25, 0.3) is 5.56 Å². The van der Waals surface area contributed by atoms with Gasteiger partial charge >= 0.3 is 5.69 Å². The lowest BCUT2D eigenvalue weighted by molar-refractivity contribution is -0.116. The van der Waals surface area contributed by atoms with E-state index in [4.69, 9.17) is 5.73 Å². The lowest BCUT2D eigenvalue weighted by atomic mass is 10.2. The number of carbonyl (C=O) groups excluding carboxylic acids is 2. The lowest BCUT2D eigenvalue weighted by Gasteiger charge is -2.23. The summed E-state index contributed by atoms with van der Waals surface area (Å²) in [5.41, 5.74) is 6.32. The molecule has 0 aliphatic heterocycles. The first-order valence-electron chi connectivity index (χ1n) is 10.3. The molecule has 0 aliphatic carbocycles. The number of nitrogens with two attached hydrogens (primary N) is 1. The zero-order valence-corrected chi connectivity index (χ0v) is 19.1. The van der Waals surface area contributed by atoms with Crippen molar-refractivity contribution in [3.05, 3.63) is 81.0 Å². The van der Waals surface area contributed by atoms with Crippen LogP contribution in [-0.2, 0) is 16.1 Å². The van der Waals surface area contributed by atoms with Gasteiger partial charge in [-0.1, -0.05) is 30.3 Å². The van der Waals surface area contributed by atoms with Crippen LogP contribution in [0.25, 0.3) is 0 Å². The highest BCUT2D eigenvalue weighted by molar-refractivity contribution is 8.00. The second-order valence-corrected chi connectivity index (χ2v) is 8.25. The summed E-state index contributed by atoms with van der Waals surface area (Å²) >= 11 is 1.29. The standard InChI is InChI=1S/C23H25N5O4S/c1-3-27(19(30)14-33-18-11-9-17(10-12-18)25-15(2)29)20-21(24)28(23(32)26-22(20)31)13-16-7-5-4-6-8-16/h4-12H,3,13-14,24H2,1-2H3,(H,25,29)(H,26,31,32). The van der Waals surface area contributed by atoms with Crippen LogP contribution in [-0.4, -0.2) is 33.7 Å². The Labute approximate surface area is 194 Å². The van der Waals surface area contributed by atoms with Crippen molar-refractivity contribution >= 4 is 40.8 Å². The quantitative estimate of drug-likeness (QED) is 0.436. The van der Waals surface area contributed by atoms with Crippen LogP contribution in [0.15, 0.2) is 69.1 Å². The predicted molar refractivity (Wildman–Crippen MR) is 131 cm³/mol. The van der Waals surface area contributed by atoms with Gasteiger partial charge in [-0.25, -0.2) is 4.79 Å². The monoisotopic (exact) mass is 467 g/mol. The van der Waals surface area contributed by atoms with E-state index in [0.29, 0.717) is 5.69 Å². The van der Waals surface area contributed by atoms with Crippen LogP contribution in [0.3, 0.4) is 0 Å². The first-order valence-corrected chi connectivity index (χ1v) is 11.3. The number of aromatic nitrogens is 2. The summed E-state index contributed by atoms with van der Waals surface area (Å²) in [5, 5.41) is 2.68. The van der Waals surface area contributed by atoms with Crippen molar-refractivity contribution in [1.82, 2.24) is 9.55 Å². The summed E-state index contributed by atoms with van der Waals surface area (Å²) in [5.74, 6) is -0.493. The van der Waals surface area contributed by atoms with Crippen molar-refractivity contribution in [1.29, 1.82) is 0 Å². The van der Waals surface area contributed by atoms with Crippen molar-refractivity contribution in [3.8, 4) is 0 Å². The van der Waals surface area contributed by atoms with Crippen molar-refractivity contribution in [2.24, 2.45) is 0 Å². The molecule has 0 atom stereocenters. The molecule has 0 radical (unpaired) electrons. The number of hydrogen-bond acceptors (Lipinski definition) is 6. The molecule has 3 aromatic rings. The molecule has 2 aromatic carbocycles. The van der Waals surface area contributed by atoms with Crippen molar-refractivity contribution in [2.75, 3.05) is 28.2 Å². The Kier molecular flexibility index (Phi) is 7.73. The van der Waals surface area contributed by atoms with Crippen molar-refractivity contribution in [2.45, 2.75) is 25.3 Å². The van der Waals surface area contributed by atoms with E-state index >= 15 is 0 Å². The first kappa shape index (κ1) is 23.9. The second kappa shape index (κ2) is 10.7. The Hall–Kier alpha value is -3.79. The number of nitrogens with one attached hydrogen (secondary N) is 2. The van der Waals surface area contributed by atoms with E-state index in [2.05, 4.69) is 10.3 Å². The fourth-order valence-electron chi connectivity index (χ4n) is 3.28. The van der Waals surface area contributed by atoms with Crippen molar-refractivity contribution in [3.63, 3.8) is 0 Å². The van der Waals surface area contributed by atoms with Gasteiger partial charge in [-0.15, -0.1) is 11.8 Å². The Balaban J connectivity index is 1.81. The van der Waals surface area contributed by atoms with E-state index in [9.17, 15) is 19.2 Å². The molecule has 0 aliphatic rings. The number of rotatable bonds is 8. The minimum atomic E-state index is -0.707. The number of thioether (sulfide) groups is 1. The minimum Gasteiger partial charge on any atom is -0.383 e. The van der Waals surface area contributed by atoms with Gasteiger partial charge in [-0.3, -0.25) is 23.9 Å². The van der Waals surface area contributed by atoms with E-state index in [0.717, 1.165) is 10.5 Å². The number of carbonyl (C=O) groups is 2. The average molecular weight is 468 g/mol. The van der Waals surface area contributed by atoms with Gasteiger partial charge in [0, 0.05) is 24.1 Å². The molecule has 0 saturated heterocycles. The van der Waals surface area contributed by atoms with E-state index in [1.165, 1.54) is 28.2 Å². The number of anilines is 3. The van der Waals surface area contributed by atoms with E-state index in [1.54, 1.807) is 31.2 Å². The van der Waals surface area contributed by atoms with Gasteiger partial charge in [0.05, 0.1) is 12.3 Å².